The van der Waals surface area contributed by atoms with E-state index in [0.717, 1.165) is 6.07 Å². The minimum atomic E-state index is -1.34. The van der Waals surface area contributed by atoms with Gasteiger partial charge in [0.05, 0.1) is 5.39 Å². The molecule has 0 aliphatic heterocycles. The van der Waals surface area contributed by atoms with Crippen molar-refractivity contribution in [3.05, 3.63) is 23.8 Å². The molecule has 0 unspecified atom stereocenters. The summed E-state index contributed by atoms with van der Waals surface area (Å²) in [5, 5.41) is 20.8. The van der Waals surface area contributed by atoms with Crippen molar-refractivity contribution in [2.24, 2.45) is 0 Å². The molecule has 0 atom stereocenters. The second kappa shape index (κ2) is 6.88. The molecule has 1 heterocycles. The van der Waals surface area contributed by atoms with Gasteiger partial charge in [0, 0.05) is 12.1 Å². The zero-order chi connectivity index (χ0) is 18.8. The van der Waals surface area contributed by atoms with Crippen LogP contribution in [0.2, 0.25) is 0 Å². The summed E-state index contributed by atoms with van der Waals surface area (Å²) >= 11 is 0. The third-order valence-electron chi connectivity index (χ3n) is 3.41. The predicted octanol–water partition coefficient (Wildman–Crippen LogP) is 2.07. The van der Waals surface area contributed by atoms with E-state index in [2.05, 4.69) is 15.3 Å². The Morgan fingerprint density at radius 1 is 1.28 bits per heavy atom. The first-order valence-corrected chi connectivity index (χ1v) is 7.50. The number of nitrogens with one attached hydrogen (secondary N) is 1. The van der Waals surface area contributed by atoms with Gasteiger partial charge in [-0.05, 0) is 26.0 Å². The largest absolute Gasteiger partial charge is 0.480 e. The summed E-state index contributed by atoms with van der Waals surface area (Å²) in [5.74, 6) is -2.78. The molecule has 0 amide bonds. The van der Waals surface area contributed by atoms with Gasteiger partial charge in [0.15, 0.2) is 12.4 Å². The average Bonchev–Trinajstić information content (AvgIpc) is 2.52. The van der Waals surface area contributed by atoms with Gasteiger partial charge in [-0.3, -0.25) is 0 Å². The second-order valence-electron chi connectivity index (χ2n) is 5.89. The van der Waals surface area contributed by atoms with E-state index in [1.807, 2.05) is 0 Å². The molecule has 0 saturated carbocycles. The molecule has 0 saturated heterocycles. The summed E-state index contributed by atoms with van der Waals surface area (Å²) in [4.78, 5) is 30.2. The fourth-order valence-corrected chi connectivity index (χ4v) is 2.09. The van der Waals surface area contributed by atoms with E-state index in [0.29, 0.717) is 12.2 Å². The van der Waals surface area contributed by atoms with E-state index in [1.54, 1.807) is 6.92 Å². The van der Waals surface area contributed by atoms with Crippen molar-refractivity contribution in [2.45, 2.75) is 32.7 Å². The first-order valence-electron chi connectivity index (χ1n) is 7.50. The monoisotopic (exact) mass is 351 g/mol. The maximum atomic E-state index is 14.5. The predicted molar refractivity (Wildman–Crippen MR) is 87.3 cm³/mol. The van der Waals surface area contributed by atoms with Gasteiger partial charge in [0.2, 0.25) is 5.88 Å². The molecular weight excluding hydrogens is 333 g/mol. The standard InChI is InChI=1S/C16H18FN3O5/c1-4-11-18-13-9(14(19-11)25-7-12(21)22)5-8(6-10(13)17)20-16(2,3)15(23)24/h5-6,20H,4,7H2,1-3H3,(H,21,22)(H,23,24). The lowest BCUT2D eigenvalue weighted by molar-refractivity contribution is -0.141. The van der Waals surface area contributed by atoms with Crippen LogP contribution < -0.4 is 10.1 Å². The summed E-state index contributed by atoms with van der Waals surface area (Å²) in [7, 11) is 0. The Morgan fingerprint density at radius 3 is 2.52 bits per heavy atom. The average molecular weight is 351 g/mol. The Morgan fingerprint density at radius 2 is 1.96 bits per heavy atom. The highest BCUT2D eigenvalue weighted by molar-refractivity contribution is 5.89. The van der Waals surface area contributed by atoms with Gasteiger partial charge in [-0.2, -0.15) is 4.98 Å². The fraction of sp³-hybridized carbons (Fsp3) is 0.375. The van der Waals surface area contributed by atoms with Crippen LogP contribution in [-0.4, -0.2) is 44.3 Å². The summed E-state index contributed by atoms with van der Waals surface area (Å²) in [6.07, 6.45) is 0.408. The Bertz CT molecular complexity index is 838. The molecule has 1 aromatic heterocycles. The highest BCUT2D eigenvalue weighted by Crippen LogP contribution is 2.29. The van der Waals surface area contributed by atoms with Gasteiger partial charge in [-0.1, -0.05) is 6.92 Å². The molecule has 8 nitrogen and oxygen atoms in total. The summed E-state index contributed by atoms with van der Waals surface area (Å²) in [6, 6.07) is 2.56. The molecule has 2 rings (SSSR count). The molecular formula is C16H18FN3O5. The Hall–Kier alpha value is -2.97. The number of aryl methyl sites for hydroxylation is 1. The third-order valence-corrected chi connectivity index (χ3v) is 3.41. The number of aromatic nitrogens is 2. The Kier molecular flexibility index (Phi) is 5.05. The van der Waals surface area contributed by atoms with Gasteiger partial charge in [0.1, 0.15) is 16.9 Å². The topological polar surface area (TPSA) is 122 Å². The third kappa shape index (κ3) is 4.11. The van der Waals surface area contributed by atoms with Crippen LogP contribution in [-0.2, 0) is 16.0 Å². The van der Waals surface area contributed by atoms with Crippen LogP contribution in [0.1, 0.15) is 26.6 Å². The normalized spacial score (nSPS) is 11.4. The number of aliphatic carboxylic acids is 2. The summed E-state index contributed by atoms with van der Waals surface area (Å²) < 4.78 is 19.6. The Labute approximate surface area is 142 Å². The molecule has 0 radical (unpaired) electrons. The molecule has 2 aromatic rings. The first-order chi connectivity index (χ1) is 11.6. The van der Waals surface area contributed by atoms with E-state index < -0.39 is 29.9 Å². The van der Waals surface area contributed by atoms with E-state index in [1.165, 1.54) is 19.9 Å². The lowest BCUT2D eigenvalue weighted by atomic mass is 10.1. The number of ether oxygens (including phenoxy) is 1. The lowest BCUT2D eigenvalue weighted by Crippen LogP contribution is -2.39. The summed E-state index contributed by atoms with van der Waals surface area (Å²) in [6.45, 7) is 3.98. The van der Waals surface area contributed by atoms with Crippen molar-refractivity contribution >= 4 is 28.5 Å². The minimum Gasteiger partial charge on any atom is -0.480 e. The number of fused-ring (bicyclic) bond motifs is 1. The molecule has 0 fully saturated rings. The molecule has 0 aliphatic carbocycles. The molecule has 0 spiro atoms. The van der Waals surface area contributed by atoms with Crippen molar-refractivity contribution in [2.75, 3.05) is 11.9 Å². The Balaban J connectivity index is 2.57. The van der Waals surface area contributed by atoms with Crippen molar-refractivity contribution in [3.8, 4) is 5.88 Å². The number of anilines is 1. The van der Waals surface area contributed by atoms with Gasteiger partial charge in [-0.15, -0.1) is 0 Å². The van der Waals surface area contributed by atoms with Crippen LogP contribution in [0, 0.1) is 5.82 Å². The van der Waals surface area contributed by atoms with E-state index in [4.69, 9.17) is 9.84 Å². The van der Waals surface area contributed by atoms with E-state index in [9.17, 15) is 19.1 Å². The highest BCUT2D eigenvalue weighted by Gasteiger charge is 2.27. The second-order valence-corrected chi connectivity index (χ2v) is 5.89. The quantitative estimate of drug-likeness (QED) is 0.693. The van der Waals surface area contributed by atoms with Crippen molar-refractivity contribution in [3.63, 3.8) is 0 Å². The zero-order valence-corrected chi connectivity index (χ0v) is 14.0. The molecule has 1 aromatic carbocycles. The van der Waals surface area contributed by atoms with Crippen molar-refractivity contribution in [1.29, 1.82) is 0 Å². The lowest BCUT2D eigenvalue weighted by Gasteiger charge is -2.23. The molecule has 0 bridgehead atoms. The first kappa shape index (κ1) is 18.4. The molecule has 0 aliphatic rings. The van der Waals surface area contributed by atoms with E-state index >= 15 is 0 Å². The number of carboxylic acid groups (broad SMARTS) is 2. The number of carbonyl (C=O) groups is 2. The van der Waals surface area contributed by atoms with Gasteiger partial charge < -0.3 is 20.3 Å². The minimum absolute atomic E-state index is 0.0223. The maximum absolute atomic E-state index is 14.5. The van der Waals surface area contributed by atoms with Gasteiger partial charge in [0.25, 0.3) is 0 Å². The fourth-order valence-electron chi connectivity index (χ4n) is 2.09. The maximum Gasteiger partial charge on any atom is 0.341 e. The van der Waals surface area contributed by atoms with Crippen LogP contribution in [0.15, 0.2) is 12.1 Å². The van der Waals surface area contributed by atoms with Crippen LogP contribution in [0.25, 0.3) is 10.9 Å². The number of hydrogen-bond donors (Lipinski definition) is 3. The number of carboxylic acids is 2. The van der Waals surface area contributed by atoms with E-state index in [-0.39, 0.29) is 22.5 Å². The van der Waals surface area contributed by atoms with Crippen LogP contribution >= 0.6 is 0 Å². The van der Waals surface area contributed by atoms with Gasteiger partial charge in [-0.25, -0.2) is 19.0 Å². The molecule has 25 heavy (non-hydrogen) atoms. The smallest absolute Gasteiger partial charge is 0.341 e. The number of hydrogen-bond acceptors (Lipinski definition) is 6. The van der Waals surface area contributed by atoms with Crippen molar-refractivity contribution in [1.82, 2.24) is 9.97 Å². The molecule has 134 valence electrons. The number of rotatable bonds is 7. The van der Waals surface area contributed by atoms with Crippen LogP contribution in [0.3, 0.4) is 0 Å². The summed E-state index contributed by atoms with van der Waals surface area (Å²) in [5.41, 5.74) is -1.18. The van der Waals surface area contributed by atoms with Crippen LogP contribution in [0.5, 0.6) is 5.88 Å². The van der Waals surface area contributed by atoms with Gasteiger partial charge >= 0.3 is 11.9 Å². The molecule has 3 N–H and O–H groups in total. The number of benzene rings is 1. The highest BCUT2D eigenvalue weighted by atomic mass is 19.1. The number of nitrogens with zero attached hydrogens (tertiary/aromatic N) is 2. The molecule has 9 heteroatoms. The zero-order valence-electron chi connectivity index (χ0n) is 14.0. The SMILES string of the molecule is CCc1nc(OCC(=O)O)c2cc(NC(C)(C)C(=O)O)cc(F)c2n1. The number of halogens is 1. The van der Waals surface area contributed by atoms with Crippen LogP contribution in [0.4, 0.5) is 10.1 Å². The van der Waals surface area contributed by atoms with Crippen molar-refractivity contribution < 1.29 is 28.9 Å².